The van der Waals surface area contributed by atoms with E-state index >= 15 is 0 Å². The molecule has 0 bridgehead atoms. The summed E-state index contributed by atoms with van der Waals surface area (Å²) in [6, 6.07) is 10.5. The Balaban J connectivity index is 1.62. The van der Waals surface area contributed by atoms with Crippen LogP contribution >= 0.6 is 0 Å². The molecule has 1 aliphatic rings. The van der Waals surface area contributed by atoms with Crippen LogP contribution < -0.4 is 9.47 Å². The van der Waals surface area contributed by atoms with Gasteiger partial charge in [-0.15, -0.1) is 13.2 Å². The molecule has 0 amide bonds. The first-order valence-electron chi connectivity index (χ1n) is 9.93. The van der Waals surface area contributed by atoms with Crippen molar-refractivity contribution in [2.75, 3.05) is 6.61 Å². The van der Waals surface area contributed by atoms with Crippen molar-refractivity contribution in [1.82, 2.24) is 0 Å². The van der Waals surface area contributed by atoms with Crippen molar-refractivity contribution >= 4 is 9.84 Å². The predicted octanol–water partition coefficient (Wildman–Crippen LogP) is 5.60. The third kappa shape index (κ3) is 6.24. The molecule has 0 aliphatic carbocycles. The first kappa shape index (κ1) is 24.1. The van der Waals surface area contributed by atoms with E-state index in [0.717, 1.165) is 17.5 Å². The molecule has 1 heterocycles. The molecule has 3 rings (SSSR count). The fourth-order valence-corrected chi connectivity index (χ4v) is 4.16. The zero-order valence-corrected chi connectivity index (χ0v) is 18.3. The molecule has 174 valence electrons. The Morgan fingerprint density at radius 3 is 2.03 bits per heavy atom. The number of ether oxygens (including phenoxy) is 4. The number of hydrogen-bond acceptors (Lipinski definition) is 6. The zero-order chi connectivity index (χ0) is 23.4. The Morgan fingerprint density at radius 1 is 1.00 bits per heavy atom. The van der Waals surface area contributed by atoms with Gasteiger partial charge in [0, 0.05) is 5.41 Å². The minimum Gasteiger partial charge on any atom is -0.457 e. The molecule has 10 heteroatoms. The van der Waals surface area contributed by atoms with Gasteiger partial charge in [0.2, 0.25) is 0 Å². The maximum Gasteiger partial charge on any atom is 0.573 e. The Hall–Kier alpha value is -2.56. The fraction of sp³-hybridized carbons (Fsp3) is 0.364. The fourth-order valence-electron chi connectivity index (χ4n) is 3.11. The van der Waals surface area contributed by atoms with Gasteiger partial charge in [0.05, 0.1) is 11.5 Å². The minimum absolute atomic E-state index is 0.0613. The molecule has 2 aromatic carbocycles. The van der Waals surface area contributed by atoms with Crippen molar-refractivity contribution in [3.05, 3.63) is 60.0 Å². The van der Waals surface area contributed by atoms with Gasteiger partial charge >= 0.3 is 6.36 Å². The van der Waals surface area contributed by atoms with Crippen molar-refractivity contribution in [1.29, 1.82) is 0 Å². The van der Waals surface area contributed by atoms with Crippen LogP contribution in [0.1, 0.15) is 26.7 Å². The van der Waals surface area contributed by atoms with E-state index in [4.69, 9.17) is 14.2 Å². The molecule has 2 aromatic rings. The van der Waals surface area contributed by atoms with E-state index in [9.17, 15) is 21.6 Å². The summed E-state index contributed by atoms with van der Waals surface area (Å²) in [5.41, 5.74) is 0. The van der Waals surface area contributed by atoms with Gasteiger partial charge in [0.25, 0.3) is 0 Å². The highest BCUT2D eigenvalue weighted by Crippen LogP contribution is 2.31. The predicted molar refractivity (Wildman–Crippen MR) is 110 cm³/mol. The second kappa shape index (κ2) is 9.51. The van der Waals surface area contributed by atoms with E-state index in [2.05, 4.69) is 4.74 Å². The van der Waals surface area contributed by atoms with Crippen LogP contribution in [-0.2, 0) is 19.3 Å². The van der Waals surface area contributed by atoms with Gasteiger partial charge in [-0.3, -0.25) is 0 Å². The SMILES string of the molecule is CCC1(CC)OC[C@H](/C=C/S(=O)(=O)c2ccc(Oc3ccc(OC(F)(F)F)cc3)cc2)O1. The molecule has 0 N–H and O–H groups in total. The molecule has 1 fully saturated rings. The molecule has 6 nitrogen and oxygen atoms in total. The first-order chi connectivity index (χ1) is 15.0. The van der Waals surface area contributed by atoms with E-state index in [1.165, 1.54) is 42.5 Å². The quantitative estimate of drug-likeness (QED) is 0.498. The average Bonchev–Trinajstić information content (AvgIpc) is 3.17. The van der Waals surface area contributed by atoms with Gasteiger partial charge in [-0.2, -0.15) is 0 Å². The van der Waals surface area contributed by atoms with Crippen LogP contribution in [0.4, 0.5) is 13.2 Å². The Morgan fingerprint density at radius 2 is 1.53 bits per heavy atom. The molecule has 0 unspecified atom stereocenters. The summed E-state index contributed by atoms with van der Waals surface area (Å²) < 4.78 is 82.6. The number of rotatable bonds is 8. The van der Waals surface area contributed by atoms with Gasteiger partial charge in [-0.1, -0.05) is 13.8 Å². The van der Waals surface area contributed by atoms with Crippen LogP contribution in [0.2, 0.25) is 0 Å². The lowest BCUT2D eigenvalue weighted by Gasteiger charge is -2.24. The third-order valence-corrected chi connectivity index (χ3v) is 6.32. The van der Waals surface area contributed by atoms with Crippen molar-refractivity contribution < 1.29 is 40.5 Å². The first-order valence-corrected chi connectivity index (χ1v) is 11.5. The normalized spacial score (nSPS) is 18.7. The highest BCUT2D eigenvalue weighted by atomic mass is 32.2. The Bertz CT molecular complexity index is 1030. The lowest BCUT2D eigenvalue weighted by atomic mass is 10.1. The smallest absolute Gasteiger partial charge is 0.457 e. The lowest BCUT2D eigenvalue weighted by molar-refractivity contribution is -0.274. The molecule has 0 saturated carbocycles. The lowest BCUT2D eigenvalue weighted by Crippen LogP contribution is -2.28. The average molecular weight is 472 g/mol. The summed E-state index contributed by atoms with van der Waals surface area (Å²) in [6.07, 6.45) is -2.42. The zero-order valence-electron chi connectivity index (χ0n) is 17.5. The standard InChI is InChI=1S/C22H23F3O6S/c1-3-21(4-2)28-15-19(30-21)13-14-32(26,27)20-11-9-17(10-12-20)29-16-5-7-18(8-6-16)31-22(23,24)25/h5-14,19H,3-4,15H2,1-2H3/b14-13+/t19-/m0/s1. The number of sulfone groups is 1. The third-order valence-electron chi connectivity index (χ3n) is 4.87. The van der Waals surface area contributed by atoms with Crippen LogP contribution in [0.15, 0.2) is 64.9 Å². The number of hydrogen-bond donors (Lipinski definition) is 0. The molecule has 1 aliphatic heterocycles. The largest absolute Gasteiger partial charge is 0.573 e. The second-order valence-corrected chi connectivity index (χ2v) is 8.88. The number of halogens is 3. The molecule has 0 radical (unpaired) electrons. The van der Waals surface area contributed by atoms with Crippen LogP contribution in [-0.4, -0.2) is 33.3 Å². The van der Waals surface area contributed by atoms with Crippen LogP contribution in [0.5, 0.6) is 17.2 Å². The van der Waals surface area contributed by atoms with E-state index < -0.39 is 28.1 Å². The van der Waals surface area contributed by atoms with E-state index in [1.54, 1.807) is 0 Å². The summed E-state index contributed by atoms with van der Waals surface area (Å²) in [4.78, 5) is 0.0613. The van der Waals surface area contributed by atoms with Gasteiger partial charge in [-0.25, -0.2) is 8.42 Å². The number of alkyl halides is 3. The van der Waals surface area contributed by atoms with E-state index in [-0.39, 0.29) is 23.0 Å². The Kier molecular flexibility index (Phi) is 7.16. The van der Waals surface area contributed by atoms with Crippen molar-refractivity contribution in [3.63, 3.8) is 0 Å². The monoisotopic (exact) mass is 472 g/mol. The number of benzene rings is 2. The van der Waals surface area contributed by atoms with Crippen molar-refractivity contribution in [3.8, 4) is 17.2 Å². The van der Waals surface area contributed by atoms with Crippen molar-refractivity contribution in [2.24, 2.45) is 0 Å². The van der Waals surface area contributed by atoms with Crippen LogP contribution in [0.25, 0.3) is 0 Å². The highest BCUT2D eigenvalue weighted by Gasteiger charge is 2.37. The molecule has 0 aromatic heterocycles. The highest BCUT2D eigenvalue weighted by molar-refractivity contribution is 7.94. The topological polar surface area (TPSA) is 71.1 Å². The summed E-state index contributed by atoms with van der Waals surface area (Å²) in [5.74, 6) is -0.455. The van der Waals surface area contributed by atoms with Gasteiger partial charge in [0.1, 0.15) is 23.4 Å². The van der Waals surface area contributed by atoms with Gasteiger partial charge < -0.3 is 18.9 Å². The van der Waals surface area contributed by atoms with Gasteiger partial charge in [-0.05, 0) is 67.4 Å². The van der Waals surface area contributed by atoms with Crippen LogP contribution in [0.3, 0.4) is 0 Å². The molecule has 1 saturated heterocycles. The maximum absolute atomic E-state index is 12.6. The summed E-state index contributed by atoms with van der Waals surface area (Å²) in [7, 11) is -3.71. The van der Waals surface area contributed by atoms with E-state index in [1.807, 2.05) is 13.8 Å². The molecular weight excluding hydrogens is 449 g/mol. The van der Waals surface area contributed by atoms with Crippen LogP contribution in [0, 0.1) is 0 Å². The maximum atomic E-state index is 12.6. The Labute approximate surface area is 184 Å². The summed E-state index contributed by atoms with van der Waals surface area (Å²) >= 11 is 0. The van der Waals surface area contributed by atoms with Gasteiger partial charge in [0.15, 0.2) is 15.6 Å². The second-order valence-electron chi connectivity index (χ2n) is 7.05. The molecule has 1 atom stereocenters. The summed E-state index contributed by atoms with van der Waals surface area (Å²) in [6.45, 7) is 4.18. The molecule has 0 spiro atoms. The van der Waals surface area contributed by atoms with E-state index in [0.29, 0.717) is 18.6 Å². The summed E-state index contributed by atoms with van der Waals surface area (Å²) in [5, 5.41) is 1.09. The minimum atomic E-state index is -4.77. The molecule has 32 heavy (non-hydrogen) atoms. The molecular formula is C22H23F3O6S. The van der Waals surface area contributed by atoms with Crippen molar-refractivity contribution in [2.45, 2.75) is 49.8 Å².